The van der Waals surface area contributed by atoms with Gasteiger partial charge in [0.05, 0.1) is 33.3 Å². The van der Waals surface area contributed by atoms with Gasteiger partial charge in [-0.3, -0.25) is 0 Å². The number of para-hydroxylation sites is 2. The van der Waals surface area contributed by atoms with Crippen LogP contribution in [0.15, 0.2) is 231 Å². The molecule has 0 atom stereocenters. The van der Waals surface area contributed by atoms with Crippen LogP contribution in [0.1, 0.15) is 5.56 Å². The number of rotatable bonds is 7. The first-order chi connectivity index (χ1) is 31.2. The van der Waals surface area contributed by atoms with Crippen LogP contribution in [0.3, 0.4) is 0 Å². The third kappa shape index (κ3) is 5.83. The van der Waals surface area contributed by atoms with E-state index in [1.54, 1.807) is 0 Å². The molecule has 0 unspecified atom stereocenters. The van der Waals surface area contributed by atoms with E-state index in [0.29, 0.717) is 5.56 Å². The summed E-state index contributed by atoms with van der Waals surface area (Å²) < 4.78 is 7.05. The van der Waals surface area contributed by atoms with Crippen LogP contribution in [0.25, 0.3) is 105 Å². The van der Waals surface area contributed by atoms with Crippen LogP contribution in [0.4, 0.5) is 0 Å². The van der Waals surface area contributed by atoms with Crippen molar-refractivity contribution in [3.05, 3.63) is 236 Å². The van der Waals surface area contributed by atoms with E-state index in [9.17, 15) is 5.26 Å². The standard InChI is InChI=1S/C59H38N4/c60-39-50-55(42-19-5-1-6-20-42)57(44-23-9-3-10-24-44)59(58(45-25-11-4-12-26-45)56(50)43-21-7-2-8-22-43)63-53-31-29-46(61-35-33-40-17-13-15-27-51(40)61)37-48(53)49-38-47(30-32-54(49)63)62-36-34-41-18-14-16-28-52(41)62/h1-38H. The van der Waals surface area contributed by atoms with Gasteiger partial charge in [0.1, 0.15) is 6.07 Å². The van der Waals surface area contributed by atoms with E-state index in [4.69, 9.17) is 0 Å². The lowest BCUT2D eigenvalue weighted by atomic mass is 9.79. The number of aromatic nitrogens is 3. The molecule has 294 valence electrons. The SMILES string of the molecule is N#Cc1c(-c2ccccc2)c(-c2ccccc2)c(-n2c3ccc(-n4ccc5ccccc54)cc3c3cc(-n4ccc5ccccc54)ccc32)c(-c2ccccc2)c1-c1ccccc1. The van der Waals surface area contributed by atoms with Crippen LogP contribution in [-0.4, -0.2) is 13.7 Å². The number of nitriles is 1. The summed E-state index contributed by atoms with van der Waals surface area (Å²) in [6, 6.07) is 80.2. The second-order valence-electron chi connectivity index (χ2n) is 16.0. The zero-order valence-corrected chi connectivity index (χ0v) is 34.2. The molecular weight excluding hydrogens is 765 g/mol. The first-order valence-electron chi connectivity index (χ1n) is 21.3. The predicted molar refractivity (Wildman–Crippen MR) is 261 cm³/mol. The molecule has 0 saturated heterocycles. The fourth-order valence-corrected chi connectivity index (χ4v) is 9.79. The minimum absolute atomic E-state index is 0.637. The highest BCUT2D eigenvalue weighted by Crippen LogP contribution is 2.52. The van der Waals surface area contributed by atoms with Crippen molar-refractivity contribution in [2.24, 2.45) is 0 Å². The van der Waals surface area contributed by atoms with Crippen molar-refractivity contribution >= 4 is 43.6 Å². The molecule has 0 spiro atoms. The predicted octanol–water partition coefficient (Wildman–Crippen LogP) is 15.2. The first-order valence-corrected chi connectivity index (χ1v) is 21.3. The summed E-state index contributed by atoms with van der Waals surface area (Å²) >= 11 is 0. The van der Waals surface area contributed by atoms with Crippen LogP contribution >= 0.6 is 0 Å². The monoisotopic (exact) mass is 802 g/mol. The van der Waals surface area contributed by atoms with Gasteiger partial charge in [0.15, 0.2) is 0 Å². The largest absolute Gasteiger partial charge is 0.317 e. The Morgan fingerprint density at radius 3 is 1.10 bits per heavy atom. The Bertz CT molecular complexity index is 3480. The van der Waals surface area contributed by atoms with Crippen LogP contribution in [0.5, 0.6) is 0 Å². The Morgan fingerprint density at radius 1 is 0.333 bits per heavy atom. The molecule has 3 heterocycles. The highest BCUT2D eigenvalue weighted by atomic mass is 15.0. The van der Waals surface area contributed by atoms with Crippen LogP contribution in [0, 0.1) is 11.3 Å². The second-order valence-corrected chi connectivity index (χ2v) is 16.0. The fourth-order valence-electron chi connectivity index (χ4n) is 9.79. The summed E-state index contributed by atoms with van der Waals surface area (Å²) in [4.78, 5) is 0. The quantitative estimate of drug-likeness (QED) is 0.158. The Labute approximate surface area is 365 Å². The number of nitrogens with zero attached hydrogens (tertiary/aromatic N) is 4. The molecule has 0 radical (unpaired) electrons. The molecule has 4 heteroatoms. The zero-order valence-electron chi connectivity index (χ0n) is 34.2. The third-order valence-corrected chi connectivity index (χ3v) is 12.5. The van der Waals surface area contributed by atoms with Crippen molar-refractivity contribution < 1.29 is 0 Å². The fraction of sp³-hybridized carbons (Fsp3) is 0. The average Bonchev–Trinajstić information content (AvgIpc) is 4.08. The maximum atomic E-state index is 11.6. The molecule has 4 nitrogen and oxygen atoms in total. The molecule has 0 amide bonds. The lowest BCUT2D eigenvalue weighted by Gasteiger charge is -2.27. The normalized spacial score (nSPS) is 11.5. The number of fused-ring (bicyclic) bond motifs is 5. The molecule has 0 N–H and O–H groups in total. The number of hydrogen-bond donors (Lipinski definition) is 0. The first kappa shape index (κ1) is 36.2. The van der Waals surface area contributed by atoms with E-state index in [0.717, 1.165) is 94.4 Å². The van der Waals surface area contributed by atoms with Gasteiger partial charge in [-0.05, 0) is 93.7 Å². The third-order valence-electron chi connectivity index (χ3n) is 12.5. The molecule has 0 fully saturated rings. The van der Waals surface area contributed by atoms with Gasteiger partial charge in [-0.25, -0.2) is 0 Å². The summed E-state index contributed by atoms with van der Waals surface area (Å²) in [7, 11) is 0. The van der Waals surface area contributed by atoms with Gasteiger partial charge < -0.3 is 13.7 Å². The molecule has 3 aromatic heterocycles. The number of hydrogen-bond acceptors (Lipinski definition) is 1. The smallest absolute Gasteiger partial charge is 0.100 e. The van der Waals surface area contributed by atoms with Gasteiger partial charge in [-0.1, -0.05) is 158 Å². The lowest BCUT2D eigenvalue weighted by Crippen LogP contribution is -2.07. The van der Waals surface area contributed by atoms with Gasteiger partial charge in [-0.2, -0.15) is 5.26 Å². The van der Waals surface area contributed by atoms with Crippen LogP contribution in [-0.2, 0) is 0 Å². The molecular formula is C59H38N4. The maximum Gasteiger partial charge on any atom is 0.100 e. The van der Waals surface area contributed by atoms with E-state index in [1.807, 2.05) is 12.1 Å². The highest BCUT2D eigenvalue weighted by Gasteiger charge is 2.30. The molecule has 0 bridgehead atoms. The minimum atomic E-state index is 0.637. The minimum Gasteiger partial charge on any atom is -0.317 e. The van der Waals surface area contributed by atoms with Crippen LogP contribution < -0.4 is 0 Å². The Balaban J connectivity index is 1.29. The molecule has 0 saturated carbocycles. The van der Waals surface area contributed by atoms with Crippen molar-refractivity contribution in [3.63, 3.8) is 0 Å². The van der Waals surface area contributed by atoms with Crippen molar-refractivity contribution in [2.75, 3.05) is 0 Å². The summed E-state index contributed by atoms with van der Waals surface area (Å²) in [5.41, 5.74) is 16.1. The summed E-state index contributed by atoms with van der Waals surface area (Å²) in [5.74, 6) is 0. The second kappa shape index (κ2) is 14.8. The van der Waals surface area contributed by atoms with Crippen molar-refractivity contribution in [1.82, 2.24) is 13.7 Å². The number of benzene rings is 9. The lowest BCUT2D eigenvalue weighted by molar-refractivity contribution is 1.13. The van der Waals surface area contributed by atoms with Gasteiger partial charge in [0, 0.05) is 56.8 Å². The highest BCUT2D eigenvalue weighted by molar-refractivity contribution is 6.14. The Morgan fingerprint density at radius 2 is 0.698 bits per heavy atom. The van der Waals surface area contributed by atoms with Gasteiger partial charge in [-0.15, -0.1) is 0 Å². The Kier molecular flexibility index (Phi) is 8.52. The van der Waals surface area contributed by atoms with Crippen molar-refractivity contribution in [1.29, 1.82) is 5.26 Å². The zero-order chi connectivity index (χ0) is 41.9. The van der Waals surface area contributed by atoms with E-state index in [2.05, 4.69) is 238 Å². The topological polar surface area (TPSA) is 38.6 Å². The van der Waals surface area contributed by atoms with Gasteiger partial charge in [0.25, 0.3) is 0 Å². The van der Waals surface area contributed by atoms with E-state index >= 15 is 0 Å². The molecule has 12 aromatic rings. The molecule has 12 rings (SSSR count). The maximum absolute atomic E-state index is 11.6. The molecule has 9 aromatic carbocycles. The average molecular weight is 803 g/mol. The summed E-state index contributed by atoms with van der Waals surface area (Å²) in [5, 5.41) is 16.2. The van der Waals surface area contributed by atoms with E-state index in [-0.39, 0.29) is 0 Å². The van der Waals surface area contributed by atoms with Crippen LogP contribution in [0.2, 0.25) is 0 Å². The van der Waals surface area contributed by atoms with Crippen molar-refractivity contribution in [2.45, 2.75) is 0 Å². The molecule has 0 aliphatic carbocycles. The van der Waals surface area contributed by atoms with E-state index in [1.165, 1.54) is 10.8 Å². The van der Waals surface area contributed by atoms with Gasteiger partial charge >= 0.3 is 0 Å². The molecule has 0 aliphatic heterocycles. The summed E-state index contributed by atoms with van der Waals surface area (Å²) in [6.07, 6.45) is 4.34. The van der Waals surface area contributed by atoms with E-state index < -0.39 is 0 Å². The summed E-state index contributed by atoms with van der Waals surface area (Å²) in [6.45, 7) is 0. The molecule has 0 aliphatic rings. The molecule has 63 heavy (non-hydrogen) atoms. The van der Waals surface area contributed by atoms with Crippen molar-refractivity contribution in [3.8, 4) is 67.6 Å². The van der Waals surface area contributed by atoms with Gasteiger partial charge in [0.2, 0.25) is 0 Å². The Hall–Kier alpha value is -8.65.